The molecule has 0 saturated carbocycles. The number of aromatic amines is 1. The van der Waals surface area contributed by atoms with E-state index in [0.29, 0.717) is 47.1 Å². The average Bonchev–Trinajstić information content (AvgIpc) is 2.93. The molecule has 0 spiro atoms. The third kappa shape index (κ3) is 3.26. The van der Waals surface area contributed by atoms with E-state index in [-0.39, 0.29) is 11.5 Å². The first kappa shape index (κ1) is 17.5. The molecule has 3 N–H and O–H groups in total. The van der Waals surface area contributed by atoms with Crippen LogP contribution >= 0.6 is 0 Å². The molecule has 0 atom stereocenters. The summed E-state index contributed by atoms with van der Waals surface area (Å²) in [6.07, 6.45) is 0. The van der Waals surface area contributed by atoms with Crippen molar-refractivity contribution in [3.8, 4) is 11.5 Å². The second kappa shape index (κ2) is 6.91. The van der Waals surface area contributed by atoms with Gasteiger partial charge in [0.1, 0.15) is 18.9 Å². The van der Waals surface area contributed by atoms with Crippen LogP contribution in [0.3, 0.4) is 0 Å². The number of hydrazine groups is 1. The number of H-pyrrole nitrogens is 1. The molecule has 0 bridgehead atoms. The zero-order valence-electron chi connectivity index (χ0n) is 14.7. The van der Waals surface area contributed by atoms with Crippen LogP contribution in [0.2, 0.25) is 0 Å². The second-order valence-electron chi connectivity index (χ2n) is 5.95. The highest BCUT2D eigenvalue weighted by molar-refractivity contribution is 6.03. The molecule has 3 rings (SSSR count). The second-order valence-corrected chi connectivity index (χ2v) is 5.95. The fraction of sp³-hybridized carbons (Fsp3) is 0.278. The molecule has 26 heavy (non-hydrogen) atoms. The van der Waals surface area contributed by atoms with E-state index < -0.39 is 11.8 Å². The van der Waals surface area contributed by atoms with Crippen molar-refractivity contribution in [3.05, 3.63) is 46.3 Å². The maximum atomic E-state index is 12.3. The molecule has 1 aromatic heterocycles. The quantitative estimate of drug-likeness (QED) is 0.572. The van der Waals surface area contributed by atoms with E-state index in [0.717, 1.165) is 0 Å². The Bertz CT molecular complexity index is 900. The van der Waals surface area contributed by atoms with Crippen LogP contribution in [-0.4, -0.2) is 35.8 Å². The van der Waals surface area contributed by atoms with Crippen LogP contribution in [0.1, 0.15) is 49.4 Å². The van der Waals surface area contributed by atoms with Crippen molar-refractivity contribution in [2.24, 2.45) is 0 Å². The van der Waals surface area contributed by atoms with Crippen molar-refractivity contribution in [1.82, 2.24) is 15.8 Å². The number of hydrogen-bond donors (Lipinski definition) is 3. The van der Waals surface area contributed by atoms with Crippen LogP contribution in [-0.2, 0) is 0 Å². The summed E-state index contributed by atoms with van der Waals surface area (Å²) < 4.78 is 10.8. The Hall–Kier alpha value is -3.29. The number of Topliss-reactive ketones (excluding diaryl/α,β-unsaturated/α-hetero) is 1. The first-order chi connectivity index (χ1) is 12.4. The van der Waals surface area contributed by atoms with E-state index in [1.807, 2.05) is 0 Å². The van der Waals surface area contributed by atoms with E-state index in [9.17, 15) is 14.4 Å². The van der Waals surface area contributed by atoms with Gasteiger partial charge in [0.2, 0.25) is 0 Å². The monoisotopic (exact) mass is 357 g/mol. The molecule has 8 heteroatoms. The molecular formula is C18H19N3O5. The molecule has 2 aromatic rings. The van der Waals surface area contributed by atoms with Gasteiger partial charge >= 0.3 is 0 Å². The topological polar surface area (TPSA) is 110 Å². The number of aryl methyl sites for hydroxylation is 1. The number of fused-ring (bicyclic) bond motifs is 1. The largest absolute Gasteiger partial charge is 0.486 e. The van der Waals surface area contributed by atoms with Crippen LogP contribution in [0, 0.1) is 13.8 Å². The smallest absolute Gasteiger partial charge is 0.286 e. The number of ether oxygens (including phenoxy) is 2. The van der Waals surface area contributed by atoms with E-state index in [2.05, 4.69) is 15.8 Å². The van der Waals surface area contributed by atoms with Gasteiger partial charge in [0.25, 0.3) is 11.8 Å². The lowest BCUT2D eigenvalue weighted by Crippen LogP contribution is -2.42. The molecule has 1 aliphatic rings. The number of rotatable bonds is 3. The minimum absolute atomic E-state index is 0.129. The SMILES string of the molecule is CC(=O)c1c(C)[nH]c(C(=O)NNC(=O)c2ccc3c(c2)OCCO3)c1C. The molecule has 0 fully saturated rings. The third-order valence-electron chi connectivity index (χ3n) is 4.11. The van der Waals surface area contributed by atoms with Crippen molar-refractivity contribution in [3.63, 3.8) is 0 Å². The summed E-state index contributed by atoms with van der Waals surface area (Å²) in [6.45, 7) is 5.71. The van der Waals surface area contributed by atoms with Gasteiger partial charge in [-0.25, -0.2) is 0 Å². The number of amides is 2. The van der Waals surface area contributed by atoms with E-state index in [1.165, 1.54) is 6.92 Å². The molecule has 1 aliphatic heterocycles. The molecular weight excluding hydrogens is 338 g/mol. The van der Waals surface area contributed by atoms with Crippen molar-refractivity contribution in [2.75, 3.05) is 13.2 Å². The molecule has 0 aliphatic carbocycles. The Morgan fingerprint density at radius 3 is 2.31 bits per heavy atom. The van der Waals surface area contributed by atoms with Gasteiger partial charge in [-0.1, -0.05) is 0 Å². The van der Waals surface area contributed by atoms with Gasteiger partial charge in [0, 0.05) is 16.8 Å². The van der Waals surface area contributed by atoms with Crippen LogP contribution in [0.25, 0.3) is 0 Å². The number of nitrogens with one attached hydrogen (secondary N) is 3. The van der Waals surface area contributed by atoms with Crippen molar-refractivity contribution >= 4 is 17.6 Å². The Labute approximate surface area is 149 Å². The first-order valence-corrected chi connectivity index (χ1v) is 8.09. The number of aromatic nitrogens is 1. The van der Waals surface area contributed by atoms with Crippen LogP contribution in [0.4, 0.5) is 0 Å². The number of ketones is 1. The number of benzene rings is 1. The lowest BCUT2D eigenvalue weighted by atomic mass is 10.1. The predicted octanol–water partition coefficient (Wildman–Crippen LogP) is 1.68. The Kier molecular flexibility index (Phi) is 4.66. The highest BCUT2D eigenvalue weighted by Gasteiger charge is 2.20. The van der Waals surface area contributed by atoms with Gasteiger partial charge in [-0.3, -0.25) is 25.2 Å². The molecule has 1 aromatic carbocycles. The van der Waals surface area contributed by atoms with Crippen molar-refractivity contribution in [1.29, 1.82) is 0 Å². The van der Waals surface area contributed by atoms with Gasteiger partial charge in [-0.05, 0) is 44.5 Å². The van der Waals surface area contributed by atoms with Crippen LogP contribution in [0.5, 0.6) is 11.5 Å². The number of hydrogen-bond acceptors (Lipinski definition) is 5. The van der Waals surface area contributed by atoms with Gasteiger partial charge < -0.3 is 14.5 Å². The van der Waals surface area contributed by atoms with E-state index >= 15 is 0 Å². The predicted molar refractivity (Wildman–Crippen MR) is 92.6 cm³/mol. The zero-order valence-corrected chi connectivity index (χ0v) is 14.7. The van der Waals surface area contributed by atoms with Gasteiger partial charge in [0.15, 0.2) is 17.3 Å². The molecule has 0 unspecified atom stereocenters. The van der Waals surface area contributed by atoms with Crippen LogP contribution < -0.4 is 20.3 Å². The normalized spacial score (nSPS) is 12.4. The summed E-state index contributed by atoms with van der Waals surface area (Å²) in [6, 6.07) is 4.77. The average molecular weight is 357 g/mol. The van der Waals surface area contributed by atoms with Crippen LogP contribution in [0.15, 0.2) is 18.2 Å². The summed E-state index contributed by atoms with van der Waals surface area (Å²) in [5.41, 5.74) is 6.88. The Morgan fingerprint density at radius 1 is 1.00 bits per heavy atom. The summed E-state index contributed by atoms with van der Waals surface area (Å²) in [7, 11) is 0. The van der Waals surface area contributed by atoms with Crippen molar-refractivity contribution < 1.29 is 23.9 Å². The van der Waals surface area contributed by atoms with Gasteiger partial charge in [-0.2, -0.15) is 0 Å². The zero-order chi connectivity index (χ0) is 18.8. The van der Waals surface area contributed by atoms with E-state index in [1.54, 1.807) is 32.0 Å². The molecule has 136 valence electrons. The molecule has 0 saturated heterocycles. The third-order valence-corrected chi connectivity index (χ3v) is 4.11. The lowest BCUT2D eigenvalue weighted by molar-refractivity contribution is 0.0843. The molecule has 0 radical (unpaired) electrons. The minimum Gasteiger partial charge on any atom is -0.486 e. The van der Waals surface area contributed by atoms with Gasteiger partial charge in [0.05, 0.1) is 0 Å². The first-order valence-electron chi connectivity index (χ1n) is 8.09. The molecule has 8 nitrogen and oxygen atoms in total. The summed E-state index contributed by atoms with van der Waals surface area (Å²) in [5, 5.41) is 0. The van der Waals surface area contributed by atoms with E-state index in [4.69, 9.17) is 9.47 Å². The Morgan fingerprint density at radius 2 is 1.65 bits per heavy atom. The minimum atomic E-state index is -0.538. The standard InChI is InChI=1S/C18H19N3O5/c1-9-15(11(3)22)10(2)19-16(9)18(24)21-20-17(23)12-4-5-13-14(8-12)26-7-6-25-13/h4-5,8,19H,6-7H2,1-3H3,(H,20,23)(H,21,24). The molecule has 2 amide bonds. The maximum Gasteiger partial charge on any atom is 0.286 e. The highest BCUT2D eigenvalue weighted by atomic mass is 16.6. The Balaban J connectivity index is 1.69. The summed E-state index contributed by atoms with van der Waals surface area (Å²) in [4.78, 5) is 39.1. The fourth-order valence-electron chi connectivity index (χ4n) is 2.94. The maximum absolute atomic E-state index is 12.3. The lowest BCUT2D eigenvalue weighted by Gasteiger charge is -2.18. The fourth-order valence-corrected chi connectivity index (χ4v) is 2.94. The van der Waals surface area contributed by atoms with Gasteiger partial charge in [-0.15, -0.1) is 0 Å². The highest BCUT2D eigenvalue weighted by Crippen LogP contribution is 2.30. The number of carbonyl (C=O) groups excluding carboxylic acids is 3. The number of carbonyl (C=O) groups is 3. The van der Waals surface area contributed by atoms with Crippen molar-refractivity contribution in [2.45, 2.75) is 20.8 Å². The summed E-state index contributed by atoms with van der Waals surface area (Å²) >= 11 is 0. The summed E-state index contributed by atoms with van der Waals surface area (Å²) in [5.74, 6) is -0.106. The molecule has 2 heterocycles.